The molecule has 0 heterocycles. The number of nitrogens with zero attached hydrogens (tertiary/aromatic N) is 1. The van der Waals surface area contributed by atoms with Gasteiger partial charge in [-0.15, -0.1) is 0 Å². The zero-order valence-corrected chi connectivity index (χ0v) is 22.7. The number of rotatable bonds is 6. The van der Waals surface area contributed by atoms with Gasteiger partial charge in [0.15, 0.2) is 0 Å². The molecule has 0 aromatic heterocycles. The molecule has 0 spiro atoms. The fraction of sp³-hybridized carbons (Fsp3) is 0.250. The van der Waals surface area contributed by atoms with Gasteiger partial charge >= 0.3 is 7.12 Å². The fourth-order valence-electron chi connectivity index (χ4n) is 4.36. The van der Waals surface area contributed by atoms with Crippen LogP contribution in [0.15, 0.2) is 97.1 Å². The van der Waals surface area contributed by atoms with Gasteiger partial charge in [0.1, 0.15) is 0 Å². The van der Waals surface area contributed by atoms with Crippen molar-refractivity contribution in [2.24, 2.45) is 0 Å². The Kier molecular flexibility index (Phi) is 7.49. The summed E-state index contributed by atoms with van der Waals surface area (Å²) in [4.78, 5) is 2.23. The predicted octanol–water partition coefficient (Wildman–Crippen LogP) is 7.17. The topological polar surface area (TPSA) is 55.7 Å². The average Bonchev–Trinajstić information content (AvgIpc) is 2.84. The van der Waals surface area contributed by atoms with Gasteiger partial charge in [-0.1, -0.05) is 90.1 Å². The van der Waals surface area contributed by atoms with E-state index >= 15 is 0 Å². The van der Waals surface area contributed by atoms with E-state index in [9.17, 15) is 10.0 Å². The SMILES string of the molecule is CC(C)(C)c1cccc(N(c2cccc(C(C)(C)C)c2)c2ccc(B(O)O)c(Nc3ccccc3)c2)c1. The van der Waals surface area contributed by atoms with Crippen LogP contribution in [0.5, 0.6) is 0 Å². The first-order valence-electron chi connectivity index (χ1n) is 12.8. The molecule has 4 nitrogen and oxygen atoms in total. The molecule has 0 unspecified atom stereocenters. The molecule has 0 bridgehead atoms. The third-order valence-electron chi connectivity index (χ3n) is 6.57. The maximum absolute atomic E-state index is 10.1. The second-order valence-corrected chi connectivity index (χ2v) is 11.6. The summed E-state index contributed by atoms with van der Waals surface area (Å²) in [6, 6.07) is 32.7. The second-order valence-electron chi connectivity index (χ2n) is 11.6. The molecular weight excluding hydrogens is 455 g/mol. The van der Waals surface area contributed by atoms with E-state index in [2.05, 4.69) is 100 Å². The first kappa shape index (κ1) is 26.5. The molecular formula is C32H37BN2O2. The summed E-state index contributed by atoms with van der Waals surface area (Å²) in [6.07, 6.45) is 0. The summed E-state index contributed by atoms with van der Waals surface area (Å²) in [5.41, 5.74) is 7.42. The van der Waals surface area contributed by atoms with E-state index in [-0.39, 0.29) is 10.8 Å². The van der Waals surface area contributed by atoms with Crippen molar-refractivity contribution in [3.63, 3.8) is 0 Å². The van der Waals surface area contributed by atoms with Crippen LogP contribution in [0.25, 0.3) is 0 Å². The van der Waals surface area contributed by atoms with Gasteiger partial charge in [-0.25, -0.2) is 0 Å². The summed E-state index contributed by atoms with van der Waals surface area (Å²) in [6.45, 7) is 13.3. The van der Waals surface area contributed by atoms with Gasteiger partial charge in [-0.3, -0.25) is 0 Å². The minimum Gasteiger partial charge on any atom is -0.423 e. The van der Waals surface area contributed by atoms with E-state index in [0.29, 0.717) is 11.2 Å². The number of benzene rings is 4. The molecule has 0 amide bonds. The molecule has 0 atom stereocenters. The van der Waals surface area contributed by atoms with Crippen LogP contribution in [-0.2, 0) is 10.8 Å². The lowest BCUT2D eigenvalue weighted by atomic mass is 9.78. The maximum Gasteiger partial charge on any atom is 0.490 e. The van der Waals surface area contributed by atoms with Crippen molar-refractivity contribution in [3.05, 3.63) is 108 Å². The van der Waals surface area contributed by atoms with Crippen LogP contribution >= 0.6 is 0 Å². The zero-order chi connectivity index (χ0) is 26.8. The Bertz CT molecular complexity index is 1300. The van der Waals surface area contributed by atoms with Crippen molar-refractivity contribution >= 4 is 41.0 Å². The van der Waals surface area contributed by atoms with E-state index in [1.807, 2.05) is 42.5 Å². The normalized spacial score (nSPS) is 11.8. The number of anilines is 5. The van der Waals surface area contributed by atoms with Gasteiger partial charge in [0.2, 0.25) is 0 Å². The van der Waals surface area contributed by atoms with Gasteiger partial charge in [0.25, 0.3) is 0 Å². The van der Waals surface area contributed by atoms with Gasteiger partial charge in [0.05, 0.1) is 0 Å². The number of hydrogen-bond acceptors (Lipinski definition) is 4. The van der Waals surface area contributed by atoms with E-state index in [1.54, 1.807) is 6.07 Å². The summed E-state index contributed by atoms with van der Waals surface area (Å²) in [7, 11) is -1.60. The molecule has 0 fully saturated rings. The highest BCUT2D eigenvalue weighted by Crippen LogP contribution is 2.39. The van der Waals surface area contributed by atoms with Crippen LogP contribution in [0.2, 0.25) is 0 Å². The summed E-state index contributed by atoms with van der Waals surface area (Å²) >= 11 is 0. The maximum atomic E-state index is 10.1. The molecule has 0 aliphatic heterocycles. The van der Waals surface area contributed by atoms with Crippen molar-refractivity contribution < 1.29 is 10.0 Å². The minimum atomic E-state index is -1.60. The van der Waals surface area contributed by atoms with Crippen molar-refractivity contribution in [3.8, 4) is 0 Å². The van der Waals surface area contributed by atoms with Gasteiger partial charge in [-0.05, 0) is 70.5 Å². The lowest BCUT2D eigenvalue weighted by molar-refractivity contribution is 0.426. The van der Waals surface area contributed by atoms with Crippen molar-refractivity contribution in [1.82, 2.24) is 0 Å². The average molecular weight is 492 g/mol. The summed E-state index contributed by atoms with van der Waals surface area (Å²) < 4.78 is 0. The second kappa shape index (κ2) is 10.4. The van der Waals surface area contributed by atoms with Crippen LogP contribution in [0, 0.1) is 0 Å². The predicted molar refractivity (Wildman–Crippen MR) is 158 cm³/mol. The van der Waals surface area contributed by atoms with Crippen LogP contribution in [0.3, 0.4) is 0 Å². The highest BCUT2D eigenvalue weighted by atomic mass is 16.4. The summed E-state index contributed by atoms with van der Waals surface area (Å²) in [5, 5.41) is 23.6. The number of nitrogens with one attached hydrogen (secondary N) is 1. The molecule has 4 rings (SSSR count). The van der Waals surface area contributed by atoms with Gasteiger partial charge in [-0.2, -0.15) is 0 Å². The van der Waals surface area contributed by atoms with Gasteiger partial charge < -0.3 is 20.3 Å². The molecule has 3 N–H and O–H groups in total. The highest BCUT2D eigenvalue weighted by Gasteiger charge is 2.23. The Hall–Kier alpha value is -3.54. The van der Waals surface area contributed by atoms with Crippen LogP contribution in [0.1, 0.15) is 52.7 Å². The Morgan fingerprint density at radius 3 is 1.59 bits per heavy atom. The Morgan fingerprint density at radius 1 is 0.595 bits per heavy atom. The highest BCUT2D eigenvalue weighted by molar-refractivity contribution is 6.60. The Labute approximate surface area is 221 Å². The first-order chi connectivity index (χ1) is 17.4. The molecule has 190 valence electrons. The van der Waals surface area contributed by atoms with E-state index in [4.69, 9.17) is 0 Å². The molecule has 4 aromatic carbocycles. The third-order valence-corrected chi connectivity index (χ3v) is 6.57. The third kappa shape index (κ3) is 6.24. The largest absolute Gasteiger partial charge is 0.490 e. The first-order valence-corrected chi connectivity index (χ1v) is 12.8. The molecule has 0 saturated heterocycles. The zero-order valence-electron chi connectivity index (χ0n) is 22.7. The van der Waals surface area contributed by atoms with Gasteiger partial charge in [0, 0.05) is 33.9 Å². The molecule has 37 heavy (non-hydrogen) atoms. The standard InChI is InChI=1S/C32H37BN2O2/c1-31(2,3)23-12-10-16-26(20-23)35(27-17-11-13-24(21-27)32(4,5)6)28-18-19-29(33(36)37)30(22-28)34-25-14-8-7-9-15-25/h7-22,34,36-37H,1-6H3. The number of hydrogen-bond donors (Lipinski definition) is 3. The molecule has 4 aromatic rings. The van der Waals surface area contributed by atoms with Crippen LogP contribution in [-0.4, -0.2) is 17.2 Å². The van der Waals surface area contributed by atoms with Crippen molar-refractivity contribution in [2.75, 3.05) is 10.2 Å². The van der Waals surface area contributed by atoms with E-state index in [0.717, 1.165) is 22.7 Å². The van der Waals surface area contributed by atoms with E-state index < -0.39 is 7.12 Å². The Balaban J connectivity index is 1.91. The molecule has 0 radical (unpaired) electrons. The Morgan fingerprint density at radius 2 is 1.11 bits per heavy atom. The minimum absolute atomic E-state index is 0.000180. The molecule has 5 heteroatoms. The van der Waals surface area contributed by atoms with Crippen LogP contribution in [0.4, 0.5) is 28.4 Å². The van der Waals surface area contributed by atoms with E-state index in [1.165, 1.54) is 11.1 Å². The monoisotopic (exact) mass is 492 g/mol. The lowest BCUT2D eigenvalue weighted by Crippen LogP contribution is -2.32. The smallest absolute Gasteiger partial charge is 0.423 e. The molecule has 0 aliphatic rings. The quantitative estimate of drug-likeness (QED) is 0.250. The van der Waals surface area contributed by atoms with Crippen molar-refractivity contribution in [1.29, 1.82) is 0 Å². The fourth-order valence-corrected chi connectivity index (χ4v) is 4.36. The van der Waals surface area contributed by atoms with Crippen LogP contribution < -0.4 is 15.7 Å². The molecule has 0 saturated carbocycles. The van der Waals surface area contributed by atoms with Crippen molar-refractivity contribution in [2.45, 2.75) is 52.4 Å². The molecule has 0 aliphatic carbocycles. The lowest BCUT2D eigenvalue weighted by Gasteiger charge is -2.30. The number of para-hydroxylation sites is 1. The summed E-state index contributed by atoms with van der Waals surface area (Å²) in [5.74, 6) is 0.